The summed E-state index contributed by atoms with van der Waals surface area (Å²) in [6.45, 7) is 4.84. The van der Waals surface area contributed by atoms with Crippen molar-refractivity contribution in [3.63, 3.8) is 0 Å². The second-order valence-electron chi connectivity index (χ2n) is 6.72. The first-order valence-electron chi connectivity index (χ1n) is 8.63. The summed E-state index contributed by atoms with van der Waals surface area (Å²) in [6.07, 6.45) is 0. The molecule has 2 aromatic carbocycles. The average Bonchev–Trinajstić information content (AvgIpc) is 2.61. The van der Waals surface area contributed by atoms with Gasteiger partial charge < -0.3 is 5.32 Å². The van der Waals surface area contributed by atoms with Crippen LogP contribution in [0.1, 0.15) is 16.7 Å². The molecule has 0 bridgehead atoms. The fraction of sp³-hybridized carbons (Fsp3) is 0.238. The van der Waals surface area contributed by atoms with E-state index >= 15 is 0 Å². The van der Waals surface area contributed by atoms with Gasteiger partial charge in [0.15, 0.2) is 0 Å². The number of nitrogens with one attached hydrogen (secondary N) is 1. The molecule has 0 aliphatic heterocycles. The number of likely N-dealkylation sites (N-methyl/N-ethyl adjacent to an activating group) is 1. The quantitative estimate of drug-likeness (QED) is 0.595. The number of pyridine rings is 1. The Bertz CT molecular complexity index is 1000. The highest BCUT2D eigenvalue weighted by molar-refractivity contribution is 6.33. The van der Waals surface area contributed by atoms with E-state index in [0.29, 0.717) is 22.4 Å². The van der Waals surface area contributed by atoms with Crippen molar-refractivity contribution in [2.45, 2.75) is 20.4 Å². The lowest BCUT2D eigenvalue weighted by atomic mass is 10.0. The summed E-state index contributed by atoms with van der Waals surface area (Å²) >= 11 is 12.5. The van der Waals surface area contributed by atoms with Gasteiger partial charge in [0.2, 0.25) is 5.91 Å². The number of anilines is 1. The molecule has 6 heteroatoms. The topological polar surface area (TPSA) is 45.2 Å². The van der Waals surface area contributed by atoms with Gasteiger partial charge in [-0.05, 0) is 50.2 Å². The smallest absolute Gasteiger partial charge is 0.238 e. The highest BCUT2D eigenvalue weighted by Gasteiger charge is 2.13. The van der Waals surface area contributed by atoms with Crippen LogP contribution in [-0.2, 0) is 11.3 Å². The van der Waals surface area contributed by atoms with Crippen molar-refractivity contribution in [2.75, 3.05) is 18.9 Å². The number of hydrogen-bond donors (Lipinski definition) is 1. The zero-order chi connectivity index (χ0) is 19.6. The average molecular weight is 402 g/mol. The Labute approximate surface area is 169 Å². The van der Waals surface area contributed by atoms with E-state index in [1.807, 2.05) is 37.1 Å². The molecule has 0 spiro atoms. The first-order chi connectivity index (χ1) is 12.8. The highest BCUT2D eigenvalue weighted by atomic mass is 35.5. The molecular weight excluding hydrogens is 381 g/mol. The Morgan fingerprint density at radius 3 is 2.63 bits per heavy atom. The largest absolute Gasteiger partial charge is 0.324 e. The van der Waals surface area contributed by atoms with Crippen LogP contribution in [0, 0.1) is 13.8 Å². The minimum Gasteiger partial charge on any atom is -0.324 e. The predicted molar refractivity (Wildman–Crippen MR) is 113 cm³/mol. The number of carbonyl (C=O) groups excluding carboxylic acids is 1. The third-order valence-corrected chi connectivity index (χ3v) is 5.20. The van der Waals surface area contributed by atoms with Gasteiger partial charge in [0.05, 0.1) is 22.8 Å². The fourth-order valence-corrected chi connectivity index (χ4v) is 3.34. The number of aromatic nitrogens is 1. The molecule has 140 valence electrons. The summed E-state index contributed by atoms with van der Waals surface area (Å²) in [5, 5.41) is 4.85. The summed E-state index contributed by atoms with van der Waals surface area (Å²) in [6, 6.07) is 13.3. The molecule has 1 aromatic heterocycles. The van der Waals surface area contributed by atoms with E-state index in [9.17, 15) is 4.79 Å². The molecule has 0 saturated heterocycles. The molecule has 0 fully saturated rings. The SMILES string of the molecule is Cc1ccc2cc(CN(C)CC(=O)Nc3ccccc3Cl)c(Cl)nc2c1C. The molecule has 0 radical (unpaired) electrons. The number of carbonyl (C=O) groups is 1. The molecule has 3 aromatic rings. The van der Waals surface area contributed by atoms with E-state index in [2.05, 4.69) is 29.4 Å². The summed E-state index contributed by atoms with van der Waals surface area (Å²) in [4.78, 5) is 18.7. The summed E-state index contributed by atoms with van der Waals surface area (Å²) < 4.78 is 0. The lowest BCUT2D eigenvalue weighted by molar-refractivity contribution is -0.117. The van der Waals surface area contributed by atoms with E-state index in [4.69, 9.17) is 23.2 Å². The number of fused-ring (bicyclic) bond motifs is 1. The lowest BCUT2D eigenvalue weighted by Gasteiger charge is -2.18. The molecule has 0 atom stereocenters. The molecule has 0 aliphatic carbocycles. The highest BCUT2D eigenvalue weighted by Crippen LogP contribution is 2.26. The van der Waals surface area contributed by atoms with Crippen LogP contribution < -0.4 is 5.32 Å². The van der Waals surface area contributed by atoms with Crippen molar-refractivity contribution in [3.8, 4) is 0 Å². The monoisotopic (exact) mass is 401 g/mol. The van der Waals surface area contributed by atoms with Gasteiger partial charge in [-0.2, -0.15) is 0 Å². The van der Waals surface area contributed by atoms with Crippen LogP contribution in [0.2, 0.25) is 10.2 Å². The van der Waals surface area contributed by atoms with E-state index in [0.717, 1.165) is 22.0 Å². The number of aryl methyl sites for hydroxylation is 2. The molecule has 27 heavy (non-hydrogen) atoms. The van der Waals surface area contributed by atoms with Crippen LogP contribution in [0.5, 0.6) is 0 Å². The fourth-order valence-electron chi connectivity index (χ4n) is 2.96. The van der Waals surface area contributed by atoms with Crippen molar-refractivity contribution in [1.82, 2.24) is 9.88 Å². The standard InChI is InChI=1S/C21H21Cl2N3O/c1-13-8-9-15-10-16(21(23)25-20(15)14(13)2)11-26(3)12-19(27)24-18-7-5-4-6-17(18)22/h4-10H,11-12H2,1-3H3,(H,24,27). The number of hydrogen-bond acceptors (Lipinski definition) is 3. The van der Waals surface area contributed by atoms with Crippen molar-refractivity contribution < 1.29 is 4.79 Å². The molecule has 1 heterocycles. The van der Waals surface area contributed by atoms with E-state index in [1.54, 1.807) is 12.1 Å². The Hall–Kier alpha value is -2.14. The Morgan fingerprint density at radius 1 is 1.15 bits per heavy atom. The molecule has 3 rings (SSSR count). The van der Waals surface area contributed by atoms with E-state index in [-0.39, 0.29) is 12.5 Å². The minimum absolute atomic E-state index is 0.137. The molecule has 0 aliphatic rings. The maximum Gasteiger partial charge on any atom is 0.238 e. The van der Waals surface area contributed by atoms with Crippen LogP contribution in [0.25, 0.3) is 10.9 Å². The molecular formula is C21H21Cl2N3O. The predicted octanol–water partition coefficient (Wildman–Crippen LogP) is 5.23. The zero-order valence-electron chi connectivity index (χ0n) is 15.5. The summed E-state index contributed by atoms with van der Waals surface area (Å²) in [5.41, 5.74) is 4.73. The first kappa shape index (κ1) is 19.6. The minimum atomic E-state index is -0.137. The van der Waals surface area contributed by atoms with Crippen molar-refractivity contribution in [3.05, 3.63) is 69.3 Å². The third-order valence-electron chi connectivity index (χ3n) is 4.54. The number of amides is 1. The third kappa shape index (κ3) is 4.59. The van der Waals surface area contributed by atoms with Gasteiger partial charge in [0.25, 0.3) is 0 Å². The zero-order valence-corrected chi connectivity index (χ0v) is 17.0. The maximum atomic E-state index is 12.3. The van der Waals surface area contributed by atoms with Gasteiger partial charge in [-0.15, -0.1) is 0 Å². The molecule has 1 amide bonds. The number of nitrogens with zero attached hydrogens (tertiary/aromatic N) is 2. The van der Waals surface area contributed by atoms with Crippen molar-refractivity contribution >= 4 is 45.7 Å². The van der Waals surface area contributed by atoms with Crippen LogP contribution in [0.4, 0.5) is 5.69 Å². The Morgan fingerprint density at radius 2 is 1.89 bits per heavy atom. The van der Waals surface area contributed by atoms with Crippen LogP contribution in [-0.4, -0.2) is 29.4 Å². The number of rotatable bonds is 5. The lowest BCUT2D eigenvalue weighted by Crippen LogP contribution is -2.30. The van der Waals surface area contributed by atoms with Gasteiger partial charge in [-0.25, -0.2) is 4.98 Å². The van der Waals surface area contributed by atoms with Crippen molar-refractivity contribution in [2.24, 2.45) is 0 Å². The Kier molecular flexibility index (Phi) is 6.00. The van der Waals surface area contributed by atoms with Crippen LogP contribution in [0.15, 0.2) is 42.5 Å². The van der Waals surface area contributed by atoms with E-state index in [1.165, 1.54) is 5.56 Å². The molecule has 0 unspecified atom stereocenters. The molecule has 0 saturated carbocycles. The molecule has 4 nitrogen and oxygen atoms in total. The summed E-state index contributed by atoms with van der Waals surface area (Å²) in [5.74, 6) is -0.137. The molecule has 1 N–H and O–H groups in total. The summed E-state index contributed by atoms with van der Waals surface area (Å²) in [7, 11) is 1.87. The number of para-hydroxylation sites is 1. The van der Waals surface area contributed by atoms with Gasteiger partial charge >= 0.3 is 0 Å². The number of benzene rings is 2. The van der Waals surface area contributed by atoms with Gasteiger partial charge in [-0.1, -0.05) is 47.5 Å². The Balaban J connectivity index is 1.71. The number of halogens is 2. The van der Waals surface area contributed by atoms with Crippen LogP contribution >= 0.6 is 23.2 Å². The second kappa shape index (κ2) is 8.26. The maximum absolute atomic E-state index is 12.3. The second-order valence-corrected chi connectivity index (χ2v) is 7.48. The first-order valence-corrected chi connectivity index (χ1v) is 9.39. The van der Waals surface area contributed by atoms with Crippen LogP contribution in [0.3, 0.4) is 0 Å². The van der Waals surface area contributed by atoms with Crippen molar-refractivity contribution in [1.29, 1.82) is 0 Å². The van der Waals surface area contributed by atoms with E-state index < -0.39 is 0 Å². The van der Waals surface area contributed by atoms with Gasteiger partial charge in [0.1, 0.15) is 5.15 Å². The van der Waals surface area contributed by atoms with Gasteiger partial charge in [0, 0.05) is 17.5 Å². The van der Waals surface area contributed by atoms with Gasteiger partial charge in [-0.3, -0.25) is 9.69 Å². The normalized spacial score (nSPS) is 11.2.